The van der Waals surface area contributed by atoms with Crippen molar-refractivity contribution in [2.75, 3.05) is 19.8 Å². The molecule has 16 heavy (non-hydrogen) atoms. The van der Waals surface area contributed by atoms with Gasteiger partial charge in [0.05, 0.1) is 19.1 Å². The standard InChI is InChI=1S/C11H20N2O2.ClH/c1-11(3-2-4-11)7-13-10(14)8-5-15-6-9(8)12;/h8-9H,2-7,12H2,1H3,(H,13,14);1H/t8-,9+;/m0./s1. The van der Waals surface area contributed by atoms with Crippen LogP contribution < -0.4 is 11.1 Å². The molecule has 0 unspecified atom stereocenters. The number of carbonyl (C=O) groups excluding carboxylic acids is 1. The first-order valence-corrected chi connectivity index (χ1v) is 5.72. The van der Waals surface area contributed by atoms with Crippen LogP contribution in [0, 0.1) is 11.3 Å². The van der Waals surface area contributed by atoms with E-state index < -0.39 is 0 Å². The quantitative estimate of drug-likeness (QED) is 0.773. The average Bonchev–Trinajstić information content (AvgIpc) is 2.58. The minimum atomic E-state index is -0.145. The van der Waals surface area contributed by atoms with Gasteiger partial charge in [-0.05, 0) is 18.3 Å². The van der Waals surface area contributed by atoms with Gasteiger partial charge < -0.3 is 15.8 Å². The maximum absolute atomic E-state index is 11.8. The van der Waals surface area contributed by atoms with Crippen molar-refractivity contribution in [3.05, 3.63) is 0 Å². The van der Waals surface area contributed by atoms with E-state index in [0.29, 0.717) is 18.6 Å². The molecule has 1 aliphatic carbocycles. The highest BCUT2D eigenvalue weighted by molar-refractivity contribution is 5.85. The van der Waals surface area contributed by atoms with E-state index in [1.165, 1.54) is 19.3 Å². The summed E-state index contributed by atoms with van der Waals surface area (Å²) in [6.45, 7) is 4.00. The number of nitrogens with two attached hydrogens (primary N) is 1. The summed E-state index contributed by atoms with van der Waals surface area (Å²) in [4.78, 5) is 11.8. The first-order valence-electron chi connectivity index (χ1n) is 5.72. The normalized spacial score (nSPS) is 31.4. The maximum atomic E-state index is 11.8. The van der Waals surface area contributed by atoms with E-state index in [0.717, 1.165) is 6.54 Å². The molecule has 0 spiro atoms. The Morgan fingerprint density at radius 3 is 2.62 bits per heavy atom. The smallest absolute Gasteiger partial charge is 0.227 e. The molecule has 1 saturated carbocycles. The second-order valence-electron chi connectivity index (χ2n) is 5.19. The summed E-state index contributed by atoms with van der Waals surface area (Å²) in [7, 11) is 0. The Morgan fingerprint density at radius 1 is 1.50 bits per heavy atom. The molecule has 1 saturated heterocycles. The van der Waals surface area contributed by atoms with Crippen LogP contribution in [0.3, 0.4) is 0 Å². The summed E-state index contributed by atoms with van der Waals surface area (Å²) in [6.07, 6.45) is 3.74. The van der Waals surface area contributed by atoms with Crippen LogP contribution >= 0.6 is 12.4 Å². The number of halogens is 1. The Kier molecular flexibility index (Phi) is 4.59. The molecule has 0 bridgehead atoms. The van der Waals surface area contributed by atoms with Crippen molar-refractivity contribution in [2.24, 2.45) is 17.1 Å². The molecule has 0 aromatic rings. The Bertz CT molecular complexity index is 256. The van der Waals surface area contributed by atoms with Gasteiger partial charge in [-0.3, -0.25) is 4.79 Å². The lowest BCUT2D eigenvalue weighted by Crippen LogP contribution is -2.46. The molecule has 2 rings (SSSR count). The topological polar surface area (TPSA) is 64.3 Å². The molecule has 94 valence electrons. The molecule has 5 heteroatoms. The zero-order chi connectivity index (χ0) is 10.9. The van der Waals surface area contributed by atoms with E-state index in [1.807, 2.05) is 0 Å². The lowest BCUT2D eigenvalue weighted by molar-refractivity contribution is -0.126. The Hall–Kier alpha value is -0.320. The third-order valence-corrected chi connectivity index (χ3v) is 3.71. The molecule has 1 heterocycles. The van der Waals surface area contributed by atoms with Gasteiger partial charge in [-0.25, -0.2) is 0 Å². The van der Waals surface area contributed by atoms with E-state index in [4.69, 9.17) is 10.5 Å². The van der Waals surface area contributed by atoms with E-state index in [2.05, 4.69) is 12.2 Å². The first-order chi connectivity index (χ1) is 7.11. The van der Waals surface area contributed by atoms with Crippen molar-refractivity contribution in [3.8, 4) is 0 Å². The van der Waals surface area contributed by atoms with Crippen LogP contribution in [-0.2, 0) is 9.53 Å². The fraction of sp³-hybridized carbons (Fsp3) is 0.909. The van der Waals surface area contributed by atoms with Crippen LogP contribution in [-0.4, -0.2) is 31.7 Å². The van der Waals surface area contributed by atoms with Gasteiger partial charge in [0.25, 0.3) is 0 Å². The summed E-state index contributed by atoms with van der Waals surface area (Å²) in [6, 6.07) is -0.126. The number of hydrogen-bond acceptors (Lipinski definition) is 3. The molecule has 0 aromatic heterocycles. The van der Waals surface area contributed by atoms with Crippen LogP contribution in [0.5, 0.6) is 0 Å². The van der Waals surface area contributed by atoms with Gasteiger partial charge in [-0.2, -0.15) is 0 Å². The van der Waals surface area contributed by atoms with Gasteiger partial charge >= 0.3 is 0 Å². The molecule has 2 aliphatic rings. The van der Waals surface area contributed by atoms with Gasteiger partial charge in [-0.1, -0.05) is 13.3 Å². The van der Waals surface area contributed by atoms with Crippen molar-refractivity contribution >= 4 is 18.3 Å². The van der Waals surface area contributed by atoms with Crippen molar-refractivity contribution in [1.29, 1.82) is 0 Å². The fourth-order valence-electron chi connectivity index (χ4n) is 2.23. The third-order valence-electron chi connectivity index (χ3n) is 3.71. The minimum absolute atomic E-state index is 0. The third kappa shape index (κ3) is 2.87. The predicted molar refractivity (Wildman–Crippen MR) is 64.5 cm³/mol. The van der Waals surface area contributed by atoms with Gasteiger partial charge in [0.15, 0.2) is 0 Å². The summed E-state index contributed by atoms with van der Waals surface area (Å²) in [5.41, 5.74) is 6.11. The predicted octanol–water partition coefficient (Wildman–Crippen LogP) is 0.688. The zero-order valence-electron chi connectivity index (χ0n) is 9.70. The molecule has 1 aliphatic heterocycles. The Labute approximate surface area is 103 Å². The lowest BCUT2D eigenvalue weighted by atomic mass is 9.70. The summed E-state index contributed by atoms with van der Waals surface area (Å²) in [5.74, 6) is -0.0817. The first kappa shape index (κ1) is 13.7. The van der Waals surface area contributed by atoms with E-state index in [1.54, 1.807) is 0 Å². The van der Waals surface area contributed by atoms with Crippen molar-refractivity contribution in [1.82, 2.24) is 5.32 Å². The highest BCUT2D eigenvalue weighted by atomic mass is 35.5. The molecule has 0 aromatic carbocycles. The molecule has 0 radical (unpaired) electrons. The van der Waals surface area contributed by atoms with E-state index in [-0.39, 0.29) is 30.3 Å². The number of rotatable bonds is 3. The number of nitrogens with one attached hydrogen (secondary N) is 1. The van der Waals surface area contributed by atoms with Gasteiger partial charge in [0, 0.05) is 12.6 Å². The second-order valence-corrected chi connectivity index (χ2v) is 5.19. The molecular weight excluding hydrogens is 228 g/mol. The summed E-state index contributed by atoms with van der Waals surface area (Å²) in [5, 5.41) is 3.00. The Balaban J connectivity index is 0.00000128. The van der Waals surface area contributed by atoms with Crippen LogP contribution in [0.4, 0.5) is 0 Å². The fourth-order valence-corrected chi connectivity index (χ4v) is 2.23. The van der Waals surface area contributed by atoms with Crippen LogP contribution in [0.1, 0.15) is 26.2 Å². The highest BCUT2D eigenvalue weighted by Crippen LogP contribution is 2.39. The molecule has 3 N–H and O–H groups in total. The van der Waals surface area contributed by atoms with Crippen molar-refractivity contribution in [3.63, 3.8) is 0 Å². The van der Waals surface area contributed by atoms with Crippen LogP contribution in [0.25, 0.3) is 0 Å². The monoisotopic (exact) mass is 248 g/mol. The van der Waals surface area contributed by atoms with Gasteiger partial charge in [0.1, 0.15) is 0 Å². The summed E-state index contributed by atoms with van der Waals surface area (Å²) < 4.78 is 5.18. The molecular formula is C11H21ClN2O2. The van der Waals surface area contributed by atoms with Crippen LogP contribution in [0.2, 0.25) is 0 Å². The summed E-state index contributed by atoms with van der Waals surface area (Å²) >= 11 is 0. The van der Waals surface area contributed by atoms with Crippen LogP contribution in [0.15, 0.2) is 0 Å². The number of amides is 1. The van der Waals surface area contributed by atoms with Gasteiger partial charge in [0.2, 0.25) is 5.91 Å². The molecule has 2 fully saturated rings. The molecule has 2 atom stereocenters. The average molecular weight is 249 g/mol. The largest absolute Gasteiger partial charge is 0.379 e. The Morgan fingerprint density at radius 2 is 2.19 bits per heavy atom. The number of carbonyl (C=O) groups is 1. The SMILES string of the molecule is CC1(CNC(=O)[C@H]2COC[C@H]2N)CCC1.Cl. The van der Waals surface area contributed by atoms with Gasteiger partial charge in [-0.15, -0.1) is 12.4 Å². The van der Waals surface area contributed by atoms with E-state index >= 15 is 0 Å². The highest BCUT2D eigenvalue weighted by Gasteiger charge is 2.35. The molecule has 1 amide bonds. The number of ether oxygens (including phenoxy) is 1. The zero-order valence-corrected chi connectivity index (χ0v) is 10.5. The number of hydrogen-bond donors (Lipinski definition) is 2. The maximum Gasteiger partial charge on any atom is 0.227 e. The second kappa shape index (κ2) is 5.34. The molecule has 4 nitrogen and oxygen atoms in total. The minimum Gasteiger partial charge on any atom is -0.379 e. The van der Waals surface area contributed by atoms with Crippen molar-refractivity contribution < 1.29 is 9.53 Å². The van der Waals surface area contributed by atoms with Crippen molar-refractivity contribution in [2.45, 2.75) is 32.2 Å². The lowest BCUT2D eigenvalue weighted by Gasteiger charge is -2.38. The van der Waals surface area contributed by atoms with E-state index in [9.17, 15) is 4.79 Å².